The fourth-order valence-corrected chi connectivity index (χ4v) is 3.90. The first kappa shape index (κ1) is 26.6. The first-order chi connectivity index (χ1) is 15.3. The molecule has 1 unspecified atom stereocenters. The highest BCUT2D eigenvalue weighted by Gasteiger charge is 2.53. The zero-order valence-corrected chi connectivity index (χ0v) is 17.6. The fourth-order valence-electron chi connectivity index (χ4n) is 3.90. The molecule has 0 radical (unpaired) electrons. The third-order valence-electron chi connectivity index (χ3n) is 5.98. The summed E-state index contributed by atoms with van der Waals surface area (Å²) in [5.41, 5.74) is 0. The van der Waals surface area contributed by atoms with Gasteiger partial charge in [-0.25, -0.2) is 4.79 Å². The summed E-state index contributed by atoms with van der Waals surface area (Å²) in [6, 6.07) is 0. The van der Waals surface area contributed by atoms with Crippen LogP contribution in [-0.4, -0.2) is 144 Å². The Morgan fingerprint density at radius 3 is 1.79 bits per heavy atom. The van der Waals surface area contributed by atoms with Crippen LogP contribution in [0.4, 0.5) is 0 Å². The van der Waals surface area contributed by atoms with Crippen LogP contribution in [0.3, 0.4) is 0 Å². The number of ether oxygens (including phenoxy) is 5. The molecule has 9 N–H and O–H groups in total. The Hall–Kier alpha value is -1.05. The SMILES string of the molecule is C[C@@H]1O[C@@H](O[C@@H]2[C@H](O)[C@H](C)OC(O)[C@H]2O)[C@@H](O[C@H]2O[C@H](C(=O)O)[C@@H](O)[C@H](O)[C@H]2O)[C@H](O)[C@@H]1O. The number of carboxylic acids is 1. The van der Waals surface area contributed by atoms with E-state index in [1.54, 1.807) is 0 Å². The van der Waals surface area contributed by atoms with Gasteiger partial charge in [0, 0.05) is 0 Å². The number of rotatable bonds is 5. The van der Waals surface area contributed by atoms with Crippen molar-refractivity contribution >= 4 is 5.97 Å². The van der Waals surface area contributed by atoms with Crippen LogP contribution in [0, 0.1) is 0 Å². The Labute approximate surface area is 187 Å². The number of hydrogen-bond donors (Lipinski definition) is 9. The topological polar surface area (TPSA) is 245 Å². The average Bonchev–Trinajstić information content (AvgIpc) is 2.75. The van der Waals surface area contributed by atoms with Gasteiger partial charge in [-0.1, -0.05) is 0 Å². The molecule has 0 aliphatic carbocycles. The molecule has 15 nitrogen and oxygen atoms in total. The summed E-state index contributed by atoms with van der Waals surface area (Å²) in [6.45, 7) is 2.78. The third-order valence-corrected chi connectivity index (χ3v) is 5.98. The molecule has 192 valence electrons. The number of aliphatic hydroxyl groups excluding tert-OH is 8. The van der Waals surface area contributed by atoms with Gasteiger partial charge in [-0.2, -0.15) is 0 Å². The van der Waals surface area contributed by atoms with Crippen LogP contribution in [0.15, 0.2) is 0 Å². The number of hydrogen-bond acceptors (Lipinski definition) is 14. The van der Waals surface area contributed by atoms with E-state index in [4.69, 9.17) is 23.7 Å². The molecule has 33 heavy (non-hydrogen) atoms. The minimum absolute atomic E-state index is 0.972. The van der Waals surface area contributed by atoms with Crippen molar-refractivity contribution in [3.8, 4) is 0 Å². The van der Waals surface area contributed by atoms with E-state index in [2.05, 4.69) is 0 Å². The zero-order chi connectivity index (χ0) is 24.8. The van der Waals surface area contributed by atoms with E-state index < -0.39 is 98.1 Å². The third kappa shape index (κ3) is 5.15. The largest absolute Gasteiger partial charge is 0.479 e. The summed E-state index contributed by atoms with van der Waals surface area (Å²) in [7, 11) is 0. The van der Waals surface area contributed by atoms with Gasteiger partial charge in [0.1, 0.15) is 54.9 Å². The Kier molecular flexibility index (Phi) is 8.28. The second-order valence-corrected chi connectivity index (χ2v) is 8.34. The van der Waals surface area contributed by atoms with Gasteiger partial charge in [-0.3, -0.25) is 0 Å². The predicted molar refractivity (Wildman–Crippen MR) is 99.0 cm³/mol. The standard InChI is InChI=1S/C18H30O15/c1-3-5(19)8(22)14(33-17-10(24)7(21)9(23)13(32-17)15(26)27)18(30-3)31-12-6(20)4(2)29-16(28)11(12)25/h3-14,16-25,28H,1-2H3,(H,26,27)/t3-,4-,5+,6+,7-,8+,9-,10+,11-,12+,13-,14-,16?,17+,18-/m0/s1. The monoisotopic (exact) mass is 486 g/mol. The molecule has 3 aliphatic rings. The molecule has 15 heteroatoms. The van der Waals surface area contributed by atoms with E-state index in [0.29, 0.717) is 0 Å². The first-order valence-electron chi connectivity index (χ1n) is 10.3. The zero-order valence-electron chi connectivity index (χ0n) is 17.6. The Bertz CT molecular complexity index is 665. The predicted octanol–water partition coefficient (Wildman–Crippen LogP) is -5.43. The number of aliphatic hydroxyl groups is 8. The van der Waals surface area contributed by atoms with Crippen molar-refractivity contribution < 1.29 is 74.4 Å². The number of carboxylic acid groups (broad SMARTS) is 1. The maximum Gasteiger partial charge on any atom is 0.335 e. The second kappa shape index (κ2) is 10.3. The van der Waals surface area contributed by atoms with Crippen LogP contribution >= 0.6 is 0 Å². The molecule has 0 aromatic rings. The summed E-state index contributed by atoms with van der Waals surface area (Å²) < 4.78 is 26.5. The Balaban J connectivity index is 1.83. The summed E-state index contributed by atoms with van der Waals surface area (Å²) >= 11 is 0. The van der Waals surface area contributed by atoms with Crippen molar-refractivity contribution in [2.45, 2.75) is 106 Å². The van der Waals surface area contributed by atoms with Crippen LogP contribution in [0.1, 0.15) is 13.8 Å². The van der Waals surface area contributed by atoms with Gasteiger partial charge in [0.05, 0.1) is 12.2 Å². The summed E-state index contributed by atoms with van der Waals surface area (Å²) in [4.78, 5) is 11.3. The normalized spacial score (nSPS) is 53.6. The van der Waals surface area contributed by atoms with Crippen LogP contribution in [0.25, 0.3) is 0 Å². The van der Waals surface area contributed by atoms with Crippen molar-refractivity contribution in [2.75, 3.05) is 0 Å². The van der Waals surface area contributed by atoms with Gasteiger partial charge in [-0.05, 0) is 13.8 Å². The van der Waals surface area contributed by atoms with E-state index in [0.717, 1.165) is 0 Å². The van der Waals surface area contributed by atoms with E-state index >= 15 is 0 Å². The fraction of sp³-hybridized carbons (Fsp3) is 0.944. The molecule has 0 amide bonds. The number of carbonyl (C=O) groups is 1. The van der Waals surface area contributed by atoms with Crippen LogP contribution in [-0.2, 0) is 28.5 Å². The van der Waals surface area contributed by atoms with Crippen molar-refractivity contribution in [3.63, 3.8) is 0 Å². The molecule has 0 spiro atoms. The Morgan fingerprint density at radius 2 is 1.18 bits per heavy atom. The maximum atomic E-state index is 11.3. The van der Waals surface area contributed by atoms with E-state index in [1.807, 2.05) is 0 Å². The molecule has 0 aromatic carbocycles. The average molecular weight is 486 g/mol. The van der Waals surface area contributed by atoms with Crippen LogP contribution in [0.2, 0.25) is 0 Å². The van der Waals surface area contributed by atoms with Crippen LogP contribution < -0.4 is 0 Å². The van der Waals surface area contributed by atoms with Crippen molar-refractivity contribution in [1.82, 2.24) is 0 Å². The van der Waals surface area contributed by atoms with Gasteiger partial charge >= 0.3 is 5.97 Å². The summed E-state index contributed by atoms with van der Waals surface area (Å²) in [6.07, 6.45) is -25.0. The lowest BCUT2D eigenvalue weighted by Crippen LogP contribution is -2.66. The van der Waals surface area contributed by atoms with Crippen LogP contribution in [0.5, 0.6) is 0 Å². The molecule has 0 saturated carbocycles. The smallest absolute Gasteiger partial charge is 0.335 e. The molecule has 3 heterocycles. The molecule has 15 atom stereocenters. The maximum absolute atomic E-state index is 11.3. The van der Waals surface area contributed by atoms with Crippen molar-refractivity contribution in [1.29, 1.82) is 0 Å². The molecule has 0 aromatic heterocycles. The highest BCUT2D eigenvalue weighted by molar-refractivity contribution is 5.73. The molecule has 3 rings (SSSR count). The van der Waals surface area contributed by atoms with Crippen molar-refractivity contribution in [2.24, 2.45) is 0 Å². The number of aliphatic carboxylic acids is 1. The minimum atomic E-state index is -2.00. The quantitative estimate of drug-likeness (QED) is 0.176. The van der Waals surface area contributed by atoms with Gasteiger partial charge in [-0.15, -0.1) is 0 Å². The molecular weight excluding hydrogens is 456 g/mol. The summed E-state index contributed by atoms with van der Waals surface area (Å²) in [5, 5.41) is 90.3. The lowest BCUT2D eigenvalue weighted by atomic mass is 9.96. The lowest BCUT2D eigenvalue weighted by molar-refractivity contribution is -0.381. The van der Waals surface area contributed by atoms with Gasteiger partial charge < -0.3 is 69.6 Å². The van der Waals surface area contributed by atoms with E-state index in [9.17, 15) is 50.8 Å². The molecule has 0 bridgehead atoms. The second-order valence-electron chi connectivity index (χ2n) is 8.34. The van der Waals surface area contributed by atoms with Crippen molar-refractivity contribution in [3.05, 3.63) is 0 Å². The highest BCUT2D eigenvalue weighted by Crippen LogP contribution is 2.32. The summed E-state index contributed by atoms with van der Waals surface area (Å²) in [5.74, 6) is -1.67. The van der Waals surface area contributed by atoms with Gasteiger partial charge in [0.25, 0.3) is 0 Å². The Morgan fingerprint density at radius 1 is 0.606 bits per heavy atom. The minimum Gasteiger partial charge on any atom is -0.479 e. The molecule has 3 fully saturated rings. The van der Waals surface area contributed by atoms with Gasteiger partial charge in [0.15, 0.2) is 25.0 Å². The molecule has 3 aliphatic heterocycles. The lowest BCUT2D eigenvalue weighted by Gasteiger charge is -2.47. The first-order valence-corrected chi connectivity index (χ1v) is 10.3. The van der Waals surface area contributed by atoms with E-state index in [1.165, 1.54) is 13.8 Å². The van der Waals surface area contributed by atoms with E-state index in [-0.39, 0.29) is 0 Å². The van der Waals surface area contributed by atoms with Gasteiger partial charge in [0.2, 0.25) is 0 Å². The molecule has 3 saturated heterocycles. The highest BCUT2D eigenvalue weighted by atomic mass is 16.8. The molecular formula is C18H30O15.